The number of ether oxygens (including phenoxy) is 1. The maximum atomic E-state index is 12.6. The van der Waals surface area contributed by atoms with E-state index >= 15 is 0 Å². The van der Waals surface area contributed by atoms with Crippen LogP contribution in [-0.4, -0.2) is 23.2 Å². The van der Waals surface area contributed by atoms with Gasteiger partial charge in [-0.2, -0.15) is 5.10 Å². The zero-order valence-corrected chi connectivity index (χ0v) is 17.5. The molecular formula is C26H25N3O2. The Morgan fingerprint density at radius 1 is 1.03 bits per heavy atom. The van der Waals surface area contributed by atoms with Gasteiger partial charge in [0, 0.05) is 17.7 Å². The second-order valence-electron chi connectivity index (χ2n) is 8.18. The van der Waals surface area contributed by atoms with Gasteiger partial charge in [0.1, 0.15) is 5.75 Å². The van der Waals surface area contributed by atoms with Gasteiger partial charge in [0.2, 0.25) is 5.91 Å². The Morgan fingerprint density at radius 3 is 2.68 bits per heavy atom. The second-order valence-corrected chi connectivity index (χ2v) is 8.18. The van der Waals surface area contributed by atoms with Crippen LogP contribution in [0.3, 0.4) is 0 Å². The number of anilines is 1. The molecule has 5 nitrogen and oxygen atoms in total. The first-order chi connectivity index (χ1) is 15.2. The van der Waals surface area contributed by atoms with Crippen LogP contribution in [0.2, 0.25) is 0 Å². The number of H-pyrrole nitrogens is 1. The number of carbonyl (C=O) groups is 1. The van der Waals surface area contributed by atoms with Gasteiger partial charge in [0.25, 0.3) is 0 Å². The Balaban J connectivity index is 1.21. The molecule has 0 radical (unpaired) electrons. The molecule has 31 heavy (non-hydrogen) atoms. The number of hydrogen-bond acceptors (Lipinski definition) is 3. The van der Waals surface area contributed by atoms with Gasteiger partial charge in [0.05, 0.1) is 13.5 Å². The highest BCUT2D eigenvalue weighted by atomic mass is 16.5. The Morgan fingerprint density at radius 2 is 1.81 bits per heavy atom. The first-order valence-corrected chi connectivity index (χ1v) is 10.7. The zero-order valence-electron chi connectivity index (χ0n) is 17.5. The number of fused-ring (bicyclic) bond motifs is 1. The van der Waals surface area contributed by atoms with Crippen LogP contribution in [0.1, 0.15) is 41.5 Å². The van der Waals surface area contributed by atoms with E-state index in [0.717, 1.165) is 40.6 Å². The van der Waals surface area contributed by atoms with Crippen molar-refractivity contribution in [3.05, 3.63) is 89.6 Å². The average Bonchev–Trinajstić information content (AvgIpc) is 3.21. The molecule has 5 rings (SSSR count). The largest absolute Gasteiger partial charge is 0.496 e. The first-order valence-electron chi connectivity index (χ1n) is 10.7. The van der Waals surface area contributed by atoms with Crippen LogP contribution in [0.4, 0.5) is 5.82 Å². The lowest BCUT2D eigenvalue weighted by molar-refractivity contribution is -0.115. The maximum Gasteiger partial charge on any atom is 0.230 e. The molecule has 1 aromatic heterocycles. The molecule has 3 aromatic carbocycles. The molecule has 0 atom stereocenters. The van der Waals surface area contributed by atoms with Crippen LogP contribution in [-0.2, 0) is 11.2 Å². The molecule has 0 spiro atoms. The number of nitrogens with one attached hydrogen (secondary N) is 2. The molecule has 4 aromatic rings. The van der Waals surface area contributed by atoms with E-state index in [0.29, 0.717) is 24.1 Å². The highest BCUT2D eigenvalue weighted by molar-refractivity contribution is 5.95. The fraction of sp³-hybridized carbons (Fsp3) is 0.231. The Labute approximate surface area is 181 Å². The normalized spacial score (nSPS) is 17.8. The topological polar surface area (TPSA) is 67.0 Å². The number of methoxy groups -OCH3 is 1. The summed E-state index contributed by atoms with van der Waals surface area (Å²) in [7, 11) is 1.72. The van der Waals surface area contributed by atoms with Gasteiger partial charge >= 0.3 is 0 Å². The minimum atomic E-state index is -0.0603. The number of aromatic amines is 1. The van der Waals surface area contributed by atoms with Crippen molar-refractivity contribution in [1.29, 1.82) is 0 Å². The highest BCUT2D eigenvalue weighted by Gasteiger charge is 2.34. The minimum absolute atomic E-state index is 0.0603. The summed E-state index contributed by atoms with van der Waals surface area (Å²) in [4.78, 5) is 12.6. The summed E-state index contributed by atoms with van der Waals surface area (Å²) >= 11 is 0. The number of carbonyl (C=O) groups excluding carboxylic acids is 1. The average molecular weight is 412 g/mol. The molecule has 1 saturated carbocycles. The van der Waals surface area contributed by atoms with Crippen molar-refractivity contribution in [2.24, 2.45) is 0 Å². The van der Waals surface area contributed by atoms with Crippen molar-refractivity contribution < 1.29 is 9.53 Å². The van der Waals surface area contributed by atoms with Gasteiger partial charge in [-0.3, -0.25) is 9.89 Å². The van der Waals surface area contributed by atoms with Crippen LogP contribution in [0.25, 0.3) is 10.8 Å². The molecule has 0 unspecified atom stereocenters. The van der Waals surface area contributed by atoms with E-state index in [4.69, 9.17) is 4.74 Å². The standard InChI is InChI=1S/C26H25N3O2/c1-31-24-12-5-4-11-22(24)19-13-20(14-19)23-16-25(29-28-23)27-26(30)15-18-9-6-8-17-7-2-3-10-21(17)18/h2-12,16,19-20H,13-15H2,1H3,(H2,27,28,29,30). The summed E-state index contributed by atoms with van der Waals surface area (Å²) in [5.74, 6) is 2.40. The van der Waals surface area contributed by atoms with Crippen molar-refractivity contribution in [3.8, 4) is 5.75 Å². The molecule has 0 bridgehead atoms. The van der Waals surface area contributed by atoms with E-state index in [2.05, 4.69) is 45.8 Å². The van der Waals surface area contributed by atoms with Gasteiger partial charge in [-0.1, -0.05) is 60.7 Å². The monoisotopic (exact) mass is 411 g/mol. The molecule has 1 aliphatic carbocycles. The third-order valence-corrected chi connectivity index (χ3v) is 6.25. The number of rotatable bonds is 6. The van der Waals surface area contributed by atoms with E-state index in [-0.39, 0.29) is 5.91 Å². The molecule has 2 N–H and O–H groups in total. The summed E-state index contributed by atoms with van der Waals surface area (Å²) in [6.07, 6.45) is 2.42. The van der Waals surface area contributed by atoms with E-state index in [9.17, 15) is 4.79 Å². The molecular weight excluding hydrogens is 386 g/mol. The molecule has 1 amide bonds. The SMILES string of the molecule is COc1ccccc1C1CC(c2cc(NC(=O)Cc3cccc4ccccc34)n[nH]2)C1. The van der Waals surface area contributed by atoms with Gasteiger partial charge in [-0.15, -0.1) is 0 Å². The van der Waals surface area contributed by atoms with E-state index < -0.39 is 0 Å². The van der Waals surface area contributed by atoms with Gasteiger partial charge in [0.15, 0.2) is 5.82 Å². The number of aromatic nitrogens is 2. The first kappa shape index (κ1) is 19.4. The number of amides is 1. The molecule has 1 aliphatic rings. The van der Waals surface area contributed by atoms with E-state index in [1.54, 1.807) is 7.11 Å². The second kappa shape index (κ2) is 8.26. The summed E-state index contributed by atoms with van der Waals surface area (Å²) in [6, 6.07) is 24.4. The smallest absolute Gasteiger partial charge is 0.230 e. The Bertz CT molecular complexity index is 1220. The molecule has 0 saturated heterocycles. The third kappa shape index (κ3) is 3.91. The van der Waals surface area contributed by atoms with E-state index in [1.165, 1.54) is 5.56 Å². The van der Waals surface area contributed by atoms with Gasteiger partial charge in [-0.25, -0.2) is 0 Å². The van der Waals surface area contributed by atoms with Crippen molar-refractivity contribution in [1.82, 2.24) is 10.2 Å². The lowest BCUT2D eigenvalue weighted by Crippen LogP contribution is -2.21. The number of benzene rings is 3. The molecule has 0 aliphatic heterocycles. The fourth-order valence-corrected chi connectivity index (χ4v) is 4.55. The van der Waals surface area contributed by atoms with Crippen molar-refractivity contribution >= 4 is 22.5 Å². The number of hydrogen-bond donors (Lipinski definition) is 2. The molecule has 5 heteroatoms. The maximum absolute atomic E-state index is 12.6. The number of nitrogens with zero attached hydrogens (tertiary/aromatic N) is 1. The van der Waals surface area contributed by atoms with E-state index in [1.807, 2.05) is 42.5 Å². The van der Waals surface area contributed by atoms with Crippen molar-refractivity contribution in [2.75, 3.05) is 12.4 Å². The summed E-state index contributed by atoms with van der Waals surface area (Å²) < 4.78 is 5.50. The lowest BCUT2D eigenvalue weighted by atomic mass is 9.70. The lowest BCUT2D eigenvalue weighted by Gasteiger charge is -2.35. The predicted molar refractivity (Wildman–Crippen MR) is 123 cm³/mol. The van der Waals surface area contributed by atoms with Crippen LogP contribution >= 0.6 is 0 Å². The van der Waals surface area contributed by atoms with Crippen LogP contribution in [0.15, 0.2) is 72.8 Å². The minimum Gasteiger partial charge on any atom is -0.496 e. The fourth-order valence-electron chi connectivity index (χ4n) is 4.55. The van der Waals surface area contributed by atoms with Crippen LogP contribution in [0.5, 0.6) is 5.75 Å². The van der Waals surface area contributed by atoms with Gasteiger partial charge < -0.3 is 10.1 Å². The Hall–Kier alpha value is -3.60. The quantitative estimate of drug-likeness (QED) is 0.446. The number of para-hydroxylation sites is 1. The van der Waals surface area contributed by atoms with Crippen LogP contribution < -0.4 is 10.1 Å². The zero-order chi connectivity index (χ0) is 21.2. The summed E-state index contributed by atoms with van der Waals surface area (Å²) in [5, 5.41) is 12.6. The van der Waals surface area contributed by atoms with Gasteiger partial charge in [-0.05, 0) is 46.7 Å². The predicted octanol–water partition coefficient (Wildman–Crippen LogP) is 5.41. The third-order valence-electron chi connectivity index (χ3n) is 6.25. The molecule has 1 heterocycles. The molecule has 1 fully saturated rings. The van der Waals surface area contributed by atoms with Crippen LogP contribution in [0, 0.1) is 0 Å². The highest BCUT2D eigenvalue weighted by Crippen LogP contribution is 2.49. The summed E-state index contributed by atoms with van der Waals surface area (Å²) in [5.41, 5.74) is 3.36. The Kier molecular flexibility index (Phi) is 5.16. The van der Waals surface area contributed by atoms with Crippen molar-refractivity contribution in [2.45, 2.75) is 31.1 Å². The molecule has 156 valence electrons. The summed E-state index contributed by atoms with van der Waals surface area (Å²) in [6.45, 7) is 0. The van der Waals surface area contributed by atoms with Crippen molar-refractivity contribution in [3.63, 3.8) is 0 Å².